The summed E-state index contributed by atoms with van der Waals surface area (Å²) in [7, 11) is -3.20. The van der Waals surface area contributed by atoms with Crippen molar-refractivity contribution in [3.8, 4) is 28.7 Å². The Morgan fingerprint density at radius 2 is 0.696 bits per heavy atom. The molecule has 0 bridgehead atoms. The van der Waals surface area contributed by atoms with Crippen molar-refractivity contribution in [3.05, 3.63) is 170 Å². The first-order chi connectivity index (χ1) is 22.8. The van der Waals surface area contributed by atoms with Gasteiger partial charge < -0.3 is 22.6 Å². The van der Waals surface area contributed by atoms with Gasteiger partial charge in [-0.15, -0.1) is 0 Å². The van der Waals surface area contributed by atoms with Crippen LogP contribution in [-0.4, -0.2) is 7.11 Å². The minimum absolute atomic E-state index is 0.650. The molecule has 46 heavy (non-hydrogen) atoms. The summed E-state index contributed by atoms with van der Waals surface area (Å²) in [5.41, 5.74) is 0. The second-order valence-corrected chi connectivity index (χ2v) is 14.0. The van der Waals surface area contributed by atoms with E-state index in [2.05, 4.69) is 24.3 Å². The maximum Gasteiger partial charge on any atom is 0.530 e. The maximum atomic E-state index is 6.65. The zero-order valence-electron chi connectivity index (χ0n) is 25.0. The fraction of sp³-hybridized carbons (Fsp3) is 0.0270. The summed E-state index contributed by atoms with van der Waals surface area (Å²) in [6.07, 6.45) is 0. The average molecular weight is 665 g/mol. The van der Waals surface area contributed by atoms with E-state index in [9.17, 15) is 0 Å². The summed E-state index contributed by atoms with van der Waals surface area (Å²) in [6, 6.07) is 55.0. The largest absolute Gasteiger partial charge is 0.530 e. The Balaban J connectivity index is 1.37. The van der Waals surface area contributed by atoms with E-state index in [0.29, 0.717) is 28.7 Å². The fourth-order valence-corrected chi connectivity index (χ4v) is 8.84. The molecule has 0 N–H and O–H groups in total. The van der Waals surface area contributed by atoms with Gasteiger partial charge in [-0.1, -0.05) is 121 Å². The molecule has 0 aliphatic heterocycles. The highest BCUT2D eigenvalue weighted by molar-refractivity contribution is 7.80. The average Bonchev–Trinajstić information content (AvgIpc) is 3.11. The highest BCUT2D eigenvalue weighted by atomic mass is 31.2. The minimum atomic E-state index is -1.88. The van der Waals surface area contributed by atoms with Crippen LogP contribution in [0.1, 0.15) is 0 Å². The van der Waals surface area contributed by atoms with Crippen molar-refractivity contribution in [2.45, 2.75) is 0 Å². The lowest BCUT2D eigenvalue weighted by molar-refractivity contribution is 0.324. The predicted molar refractivity (Wildman–Crippen MR) is 188 cm³/mol. The first kappa shape index (κ1) is 31.5. The van der Waals surface area contributed by atoms with Gasteiger partial charge in [0.05, 0.1) is 0 Å². The molecule has 230 valence electrons. The van der Waals surface area contributed by atoms with E-state index in [-0.39, 0.29) is 0 Å². The molecule has 2 unspecified atom stereocenters. The van der Waals surface area contributed by atoms with E-state index in [1.54, 1.807) is 7.11 Å². The van der Waals surface area contributed by atoms with Gasteiger partial charge in [-0.25, -0.2) is 0 Å². The lowest BCUT2D eigenvalue weighted by Crippen LogP contribution is -2.23. The van der Waals surface area contributed by atoms with Crippen molar-refractivity contribution in [1.29, 1.82) is 0 Å². The van der Waals surface area contributed by atoms with Gasteiger partial charge in [-0.05, 0) is 61.8 Å². The van der Waals surface area contributed by atoms with Crippen molar-refractivity contribution in [1.82, 2.24) is 0 Å². The van der Waals surface area contributed by atoms with E-state index >= 15 is 0 Å². The minimum Gasteiger partial charge on any atom is -0.418 e. The SMILES string of the molecule is COP(Oc1ccccc1)Oc1ccccc1P(c1ccccc1)c1ccccc1OP(Oc1ccccc1)Oc1ccccc1. The second kappa shape index (κ2) is 16.2. The quantitative estimate of drug-likeness (QED) is 0.108. The number of benzene rings is 6. The first-order valence-electron chi connectivity index (χ1n) is 14.5. The second-order valence-electron chi connectivity index (χ2n) is 9.63. The van der Waals surface area contributed by atoms with Crippen molar-refractivity contribution < 1.29 is 27.1 Å². The standard InChI is InChI=1S/C37H31O6P3/c1-38-45(39-30-18-6-2-7-19-30)42-34-26-14-16-28-36(34)44(33-24-12-5-13-25-33)37-29-17-15-27-35(37)43-46(40-31-20-8-3-9-21-31)41-32-22-10-4-11-23-32/h2-29H,1H3. The van der Waals surface area contributed by atoms with E-state index in [4.69, 9.17) is 27.1 Å². The van der Waals surface area contributed by atoms with Crippen LogP contribution < -0.4 is 38.5 Å². The topological polar surface area (TPSA) is 55.4 Å². The monoisotopic (exact) mass is 664 g/mol. The van der Waals surface area contributed by atoms with Crippen molar-refractivity contribution >= 4 is 41.0 Å². The number of hydrogen-bond acceptors (Lipinski definition) is 6. The highest BCUT2D eigenvalue weighted by Gasteiger charge is 2.28. The molecular formula is C37H31O6P3. The molecule has 0 radical (unpaired) electrons. The molecule has 6 rings (SSSR count). The number of rotatable bonds is 14. The van der Waals surface area contributed by atoms with Gasteiger partial charge in [0.1, 0.15) is 28.7 Å². The van der Waals surface area contributed by atoms with Gasteiger partial charge in [-0.2, -0.15) is 0 Å². The van der Waals surface area contributed by atoms with E-state index in [0.717, 1.165) is 15.9 Å². The molecule has 0 saturated heterocycles. The van der Waals surface area contributed by atoms with Gasteiger partial charge >= 0.3 is 17.2 Å². The zero-order chi connectivity index (χ0) is 31.4. The van der Waals surface area contributed by atoms with Gasteiger partial charge in [0.15, 0.2) is 0 Å². The first-order valence-corrected chi connectivity index (χ1v) is 18.0. The summed E-state index contributed by atoms with van der Waals surface area (Å²) in [4.78, 5) is 0. The smallest absolute Gasteiger partial charge is 0.418 e. The normalized spacial score (nSPS) is 12.1. The Hall–Kier alpha value is -4.43. The van der Waals surface area contributed by atoms with E-state index < -0.39 is 25.1 Å². The molecule has 2 atom stereocenters. The zero-order valence-corrected chi connectivity index (χ0v) is 27.6. The lowest BCUT2D eigenvalue weighted by Gasteiger charge is -2.26. The van der Waals surface area contributed by atoms with Crippen LogP contribution >= 0.6 is 25.1 Å². The molecule has 6 nitrogen and oxygen atoms in total. The number of hydrogen-bond donors (Lipinski definition) is 0. The van der Waals surface area contributed by atoms with Gasteiger partial charge in [0, 0.05) is 17.7 Å². The Bertz CT molecular complexity index is 1740. The molecule has 0 saturated carbocycles. The summed E-state index contributed by atoms with van der Waals surface area (Å²) in [6.45, 7) is 0. The third-order valence-corrected chi connectivity index (χ3v) is 11.1. The molecule has 9 heteroatoms. The van der Waals surface area contributed by atoms with Crippen molar-refractivity contribution in [2.24, 2.45) is 0 Å². The molecule has 0 amide bonds. The highest BCUT2D eigenvalue weighted by Crippen LogP contribution is 2.47. The van der Waals surface area contributed by atoms with Crippen LogP contribution in [0.25, 0.3) is 0 Å². The van der Waals surface area contributed by atoms with Crippen LogP contribution in [0.2, 0.25) is 0 Å². The molecule has 0 fully saturated rings. The van der Waals surface area contributed by atoms with Gasteiger partial charge in [0.25, 0.3) is 0 Å². The maximum absolute atomic E-state index is 6.65. The summed E-state index contributed by atoms with van der Waals surface area (Å²) in [5.74, 6) is 3.29. The van der Waals surface area contributed by atoms with Crippen LogP contribution in [0, 0.1) is 0 Å². The summed E-state index contributed by atoms with van der Waals surface area (Å²) < 4.78 is 37.4. The molecule has 0 aromatic heterocycles. The Morgan fingerprint density at radius 3 is 1.13 bits per heavy atom. The van der Waals surface area contributed by atoms with E-state index in [1.807, 2.05) is 146 Å². The third kappa shape index (κ3) is 8.43. The van der Waals surface area contributed by atoms with Crippen LogP contribution in [0.4, 0.5) is 0 Å². The van der Waals surface area contributed by atoms with Crippen molar-refractivity contribution in [2.75, 3.05) is 7.11 Å². The van der Waals surface area contributed by atoms with Gasteiger partial charge in [0.2, 0.25) is 0 Å². The Kier molecular flexibility index (Phi) is 11.1. The van der Waals surface area contributed by atoms with Crippen LogP contribution in [0.3, 0.4) is 0 Å². The van der Waals surface area contributed by atoms with Gasteiger partial charge in [-0.3, -0.25) is 4.52 Å². The van der Waals surface area contributed by atoms with Crippen molar-refractivity contribution in [3.63, 3.8) is 0 Å². The van der Waals surface area contributed by atoms with Crippen LogP contribution in [0.5, 0.6) is 28.7 Å². The molecule has 0 heterocycles. The number of para-hydroxylation sites is 5. The van der Waals surface area contributed by atoms with Crippen LogP contribution in [-0.2, 0) is 4.52 Å². The molecule has 0 aliphatic carbocycles. The van der Waals surface area contributed by atoms with Crippen LogP contribution in [0.15, 0.2) is 170 Å². The van der Waals surface area contributed by atoms with E-state index in [1.165, 1.54) is 0 Å². The molecular weight excluding hydrogens is 633 g/mol. The lowest BCUT2D eigenvalue weighted by atomic mass is 10.3. The molecule has 6 aromatic rings. The fourth-order valence-electron chi connectivity index (χ4n) is 4.44. The predicted octanol–water partition coefficient (Wildman–Crippen LogP) is 9.54. The third-order valence-electron chi connectivity index (χ3n) is 6.49. The Morgan fingerprint density at radius 1 is 0.348 bits per heavy atom. The Labute approximate surface area is 273 Å². The summed E-state index contributed by atoms with van der Waals surface area (Å²) >= 11 is 0. The summed E-state index contributed by atoms with van der Waals surface area (Å²) in [5, 5.41) is 3.08. The molecule has 0 aliphatic rings. The molecule has 6 aromatic carbocycles. The molecule has 0 spiro atoms.